The van der Waals surface area contributed by atoms with Crippen LogP contribution >= 0.6 is 11.6 Å². The monoisotopic (exact) mass is 284 g/mol. The van der Waals surface area contributed by atoms with Crippen LogP contribution in [0.25, 0.3) is 0 Å². The van der Waals surface area contributed by atoms with E-state index in [0.29, 0.717) is 0 Å². The van der Waals surface area contributed by atoms with E-state index in [1.807, 2.05) is 0 Å². The molecule has 0 aliphatic carbocycles. The van der Waals surface area contributed by atoms with Crippen molar-refractivity contribution in [1.82, 2.24) is 0 Å². The van der Waals surface area contributed by atoms with E-state index in [1.165, 1.54) is 24.3 Å². The number of sulfone groups is 1. The number of hydrogen-bond acceptors (Lipinski definition) is 4. The average Bonchev–Trinajstić information content (AvgIpc) is 2.28. The lowest BCUT2D eigenvalue weighted by Crippen LogP contribution is -2.02. The highest BCUT2D eigenvalue weighted by Crippen LogP contribution is 2.31. The zero-order chi connectivity index (χ0) is 13.3. The summed E-state index contributed by atoms with van der Waals surface area (Å²) in [4.78, 5) is -0.293. The minimum absolute atomic E-state index is 0.0176. The molecule has 2 aromatic rings. The van der Waals surface area contributed by atoms with Crippen molar-refractivity contribution in [3.05, 3.63) is 47.5 Å². The predicted octanol–water partition coefficient (Wildman–Crippen LogP) is 2.58. The predicted molar refractivity (Wildman–Crippen MR) is 66.7 cm³/mol. The summed E-state index contributed by atoms with van der Waals surface area (Å²) in [5, 5.41) is 19.0. The largest absolute Gasteiger partial charge is 0.508 e. The maximum absolute atomic E-state index is 12.2. The fourth-order valence-corrected chi connectivity index (χ4v) is 3.12. The Bertz CT molecular complexity index is 695. The molecule has 0 bridgehead atoms. The van der Waals surface area contributed by atoms with Gasteiger partial charge in [-0.1, -0.05) is 17.7 Å². The maximum atomic E-state index is 12.2. The van der Waals surface area contributed by atoms with E-state index in [4.69, 9.17) is 16.7 Å². The van der Waals surface area contributed by atoms with Crippen molar-refractivity contribution in [2.75, 3.05) is 0 Å². The second-order valence-corrected chi connectivity index (χ2v) is 5.97. The van der Waals surface area contributed by atoms with E-state index >= 15 is 0 Å². The van der Waals surface area contributed by atoms with Gasteiger partial charge in [0.1, 0.15) is 16.4 Å². The molecule has 0 heterocycles. The summed E-state index contributed by atoms with van der Waals surface area (Å²) in [5.41, 5.74) is 0. The molecule has 2 N–H and O–H groups in total. The zero-order valence-electron chi connectivity index (χ0n) is 9.04. The molecule has 0 aliphatic heterocycles. The van der Waals surface area contributed by atoms with Crippen LogP contribution in [0.2, 0.25) is 5.02 Å². The Morgan fingerprint density at radius 2 is 1.72 bits per heavy atom. The second kappa shape index (κ2) is 4.51. The van der Waals surface area contributed by atoms with E-state index in [0.717, 1.165) is 12.1 Å². The van der Waals surface area contributed by atoms with Crippen LogP contribution in [0.15, 0.2) is 52.3 Å². The van der Waals surface area contributed by atoms with Crippen LogP contribution < -0.4 is 0 Å². The Hall–Kier alpha value is -1.72. The molecule has 0 saturated carbocycles. The van der Waals surface area contributed by atoms with Crippen LogP contribution in [-0.4, -0.2) is 18.6 Å². The van der Waals surface area contributed by atoms with Crippen LogP contribution in [0.3, 0.4) is 0 Å². The van der Waals surface area contributed by atoms with Gasteiger partial charge in [-0.25, -0.2) is 8.42 Å². The molecule has 2 rings (SSSR count). The van der Waals surface area contributed by atoms with E-state index in [2.05, 4.69) is 0 Å². The number of rotatable bonds is 2. The number of benzene rings is 2. The van der Waals surface area contributed by atoms with Crippen molar-refractivity contribution in [2.24, 2.45) is 0 Å². The molecule has 0 amide bonds. The van der Waals surface area contributed by atoms with Gasteiger partial charge in [-0.3, -0.25) is 0 Å². The van der Waals surface area contributed by atoms with E-state index < -0.39 is 15.6 Å². The molecule has 0 radical (unpaired) electrons. The summed E-state index contributed by atoms with van der Waals surface area (Å²) >= 11 is 5.74. The standard InChI is InChI=1S/C12H9ClO4S/c13-8-2-1-3-10(6-8)18(16,17)12-5-4-9(14)7-11(12)15/h1-7,14-15H. The molecule has 4 nitrogen and oxygen atoms in total. The van der Waals surface area contributed by atoms with Gasteiger partial charge in [0.15, 0.2) is 0 Å². The molecule has 0 fully saturated rings. The number of phenolic OH excluding ortho intramolecular Hbond substituents is 2. The summed E-state index contributed by atoms with van der Waals surface area (Å²) in [7, 11) is -3.85. The molecule has 0 aliphatic rings. The molecule has 18 heavy (non-hydrogen) atoms. The molecule has 0 spiro atoms. The number of aromatic hydroxyl groups is 2. The van der Waals surface area contributed by atoms with E-state index in [-0.39, 0.29) is 20.6 Å². The van der Waals surface area contributed by atoms with Gasteiger partial charge >= 0.3 is 0 Å². The van der Waals surface area contributed by atoms with Crippen molar-refractivity contribution in [1.29, 1.82) is 0 Å². The topological polar surface area (TPSA) is 74.6 Å². The minimum atomic E-state index is -3.85. The first-order valence-electron chi connectivity index (χ1n) is 4.94. The molecule has 0 atom stereocenters. The Labute approximate surface area is 109 Å². The Kier molecular flexibility index (Phi) is 3.19. The van der Waals surface area contributed by atoms with Gasteiger partial charge in [-0.2, -0.15) is 0 Å². The molecular weight excluding hydrogens is 276 g/mol. The number of phenols is 2. The first kappa shape index (κ1) is 12.7. The van der Waals surface area contributed by atoms with Crippen molar-refractivity contribution in [3.8, 4) is 11.5 Å². The van der Waals surface area contributed by atoms with Crippen molar-refractivity contribution >= 4 is 21.4 Å². The number of halogens is 1. The van der Waals surface area contributed by atoms with Crippen LogP contribution in [-0.2, 0) is 9.84 Å². The third-order valence-electron chi connectivity index (χ3n) is 2.34. The quantitative estimate of drug-likeness (QED) is 0.889. The highest BCUT2D eigenvalue weighted by Gasteiger charge is 2.21. The number of hydrogen-bond donors (Lipinski definition) is 2. The first-order chi connectivity index (χ1) is 8.41. The molecule has 2 aromatic carbocycles. The third kappa shape index (κ3) is 2.27. The minimum Gasteiger partial charge on any atom is -0.508 e. The van der Waals surface area contributed by atoms with Crippen LogP contribution in [0, 0.1) is 0 Å². The molecule has 0 unspecified atom stereocenters. The molecular formula is C12H9ClO4S. The highest BCUT2D eigenvalue weighted by molar-refractivity contribution is 7.91. The van der Waals surface area contributed by atoms with Crippen LogP contribution in [0.1, 0.15) is 0 Å². The van der Waals surface area contributed by atoms with Crippen molar-refractivity contribution in [2.45, 2.75) is 9.79 Å². The highest BCUT2D eigenvalue weighted by atomic mass is 35.5. The zero-order valence-corrected chi connectivity index (χ0v) is 10.6. The maximum Gasteiger partial charge on any atom is 0.210 e. The van der Waals surface area contributed by atoms with Gasteiger partial charge in [0, 0.05) is 11.1 Å². The Balaban J connectivity index is 2.62. The third-order valence-corrected chi connectivity index (χ3v) is 4.37. The summed E-state index contributed by atoms with van der Waals surface area (Å²) < 4.78 is 24.4. The fraction of sp³-hybridized carbons (Fsp3) is 0. The Morgan fingerprint density at radius 1 is 1.00 bits per heavy atom. The normalized spacial score (nSPS) is 11.4. The van der Waals surface area contributed by atoms with Crippen molar-refractivity contribution < 1.29 is 18.6 Å². The van der Waals surface area contributed by atoms with Crippen LogP contribution in [0.5, 0.6) is 11.5 Å². The molecule has 94 valence electrons. The summed E-state index contributed by atoms with van der Waals surface area (Å²) in [6.07, 6.45) is 0. The Morgan fingerprint density at radius 3 is 2.33 bits per heavy atom. The molecule has 0 saturated heterocycles. The van der Waals surface area contributed by atoms with Gasteiger partial charge in [-0.05, 0) is 30.3 Å². The second-order valence-electron chi connectivity index (χ2n) is 3.61. The van der Waals surface area contributed by atoms with Gasteiger partial charge in [0.25, 0.3) is 0 Å². The van der Waals surface area contributed by atoms with Gasteiger partial charge in [0.05, 0.1) is 4.90 Å². The summed E-state index contributed by atoms with van der Waals surface area (Å²) in [6, 6.07) is 9.04. The molecule has 0 aromatic heterocycles. The van der Waals surface area contributed by atoms with Gasteiger partial charge in [-0.15, -0.1) is 0 Å². The lowest BCUT2D eigenvalue weighted by atomic mass is 10.3. The SMILES string of the molecule is O=S(=O)(c1cccc(Cl)c1)c1ccc(O)cc1O. The van der Waals surface area contributed by atoms with Crippen LogP contribution in [0.4, 0.5) is 0 Å². The van der Waals surface area contributed by atoms with E-state index in [1.54, 1.807) is 6.07 Å². The van der Waals surface area contributed by atoms with Gasteiger partial charge < -0.3 is 10.2 Å². The summed E-state index contributed by atoms with van der Waals surface area (Å²) in [5.74, 6) is -0.715. The van der Waals surface area contributed by atoms with Crippen molar-refractivity contribution in [3.63, 3.8) is 0 Å². The van der Waals surface area contributed by atoms with E-state index in [9.17, 15) is 13.5 Å². The lowest BCUT2D eigenvalue weighted by molar-refractivity contribution is 0.439. The lowest BCUT2D eigenvalue weighted by Gasteiger charge is -2.07. The van der Waals surface area contributed by atoms with Gasteiger partial charge in [0.2, 0.25) is 9.84 Å². The fourth-order valence-electron chi connectivity index (χ4n) is 1.49. The summed E-state index contributed by atoms with van der Waals surface area (Å²) in [6.45, 7) is 0. The molecule has 6 heteroatoms. The average molecular weight is 285 g/mol. The first-order valence-corrected chi connectivity index (χ1v) is 6.80. The smallest absolute Gasteiger partial charge is 0.210 e.